The summed E-state index contributed by atoms with van der Waals surface area (Å²) < 4.78 is 1.73. The van der Waals surface area contributed by atoms with Crippen LogP contribution < -0.4 is 0 Å². The van der Waals surface area contributed by atoms with E-state index in [1.165, 1.54) is 6.07 Å². The number of nitro groups is 1. The fraction of sp³-hybridized carbons (Fsp3) is 0.0769. The van der Waals surface area contributed by atoms with Crippen LogP contribution in [0, 0.1) is 10.1 Å². The van der Waals surface area contributed by atoms with Crippen molar-refractivity contribution in [3.63, 3.8) is 0 Å². The predicted molar refractivity (Wildman–Crippen MR) is 68.3 cm³/mol. The summed E-state index contributed by atoms with van der Waals surface area (Å²) in [7, 11) is 0. The molecule has 0 unspecified atom stereocenters. The Hall–Kier alpha value is -2.40. The lowest BCUT2D eigenvalue weighted by atomic mass is 10.1. The van der Waals surface area contributed by atoms with Gasteiger partial charge in [-0.05, 0) is 12.1 Å². The van der Waals surface area contributed by atoms with Crippen molar-refractivity contribution >= 4 is 27.5 Å². The summed E-state index contributed by atoms with van der Waals surface area (Å²) in [6.45, 7) is -0.151. The van der Waals surface area contributed by atoms with Crippen LogP contribution >= 0.6 is 0 Å². The minimum absolute atomic E-state index is 0.0587. The SMILES string of the molecule is O=[N+]([O-])c1ccc2c(c1)c1ccccc1n2CO. The highest BCUT2D eigenvalue weighted by Gasteiger charge is 2.13. The molecule has 0 aliphatic rings. The maximum absolute atomic E-state index is 10.8. The molecule has 3 rings (SSSR count). The number of non-ortho nitro benzene ring substituents is 1. The lowest BCUT2D eigenvalue weighted by Gasteiger charge is -2.01. The molecule has 3 aromatic rings. The molecule has 0 fully saturated rings. The summed E-state index contributed by atoms with van der Waals surface area (Å²) >= 11 is 0. The van der Waals surface area contributed by atoms with Crippen LogP contribution in [0.1, 0.15) is 0 Å². The van der Waals surface area contributed by atoms with Gasteiger partial charge in [0.15, 0.2) is 0 Å². The molecule has 0 bridgehead atoms. The van der Waals surface area contributed by atoms with Gasteiger partial charge in [0.25, 0.3) is 5.69 Å². The fourth-order valence-corrected chi connectivity index (χ4v) is 2.31. The summed E-state index contributed by atoms with van der Waals surface area (Å²) in [5.74, 6) is 0. The maximum atomic E-state index is 10.8. The van der Waals surface area contributed by atoms with E-state index in [2.05, 4.69) is 0 Å². The Morgan fingerprint density at radius 1 is 1.11 bits per heavy atom. The Balaban J connectivity index is 2.48. The van der Waals surface area contributed by atoms with Crippen LogP contribution in [-0.4, -0.2) is 14.6 Å². The summed E-state index contributed by atoms with van der Waals surface area (Å²) in [6, 6.07) is 12.2. The van der Waals surface area contributed by atoms with E-state index in [0.29, 0.717) is 0 Å². The Kier molecular flexibility index (Phi) is 2.28. The van der Waals surface area contributed by atoms with Gasteiger partial charge in [-0.2, -0.15) is 0 Å². The third kappa shape index (κ3) is 1.38. The molecule has 0 aliphatic heterocycles. The number of benzene rings is 2. The number of hydrogen-bond donors (Lipinski definition) is 1. The summed E-state index contributed by atoms with van der Waals surface area (Å²) in [4.78, 5) is 10.4. The Morgan fingerprint density at radius 2 is 1.83 bits per heavy atom. The molecule has 5 heteroatoms. The minimum atomic E-state index is -0.412. The van der Waals surface area contributed by atoms with Crippen LogP contribution in [0.25, 0.3) is 21.8 Å². The number of fused-ring (bicyclic) bond motifs is 3. The topological polar surface area (TPSA) is 68.3 Å². The van der Waals surface area contributed by atoms with Crippen molar-refractivity contribution in [3.05, 3.63) is 52.6 Å². The van der Waals surface area contributed by atoms with Crippen LogP contribution in [0.15, 0.2) is 42.5 Å². The van der Waals surface area contributed by atoms with Crippen LogP contribution in [-0.2, 0) is 6.73 Å². The molecular weight excluding hydrogens is 232 g/mol. The monoisotopic (exact) mass is 242 g/mol. The second kappa shape index (κ2) is 3.82. The van der Waals surface area contributed by atoms with Crippen LogP contribution in [0.4, 0.5) is 5.69 Å². The molecule has 0 saturated heterocycles. The highest BCUT2D eigenvalue weighted by molar-refractivity contribution is 6.08. The first-order chi connectivity index (χ1) is 8.72. The van der Waals surface area contributed by atoms with E-state index in [9.17, 15) is 15.2 Å². The third-order valence-electron chi connectivity index (χ3n) is 3.11. The molecule has 0 amide bonds. The zero-order chi connectivity index (χ0) is 12.7. The smallest absolute Gasteiger partial charge is 0.270 e. The first-order valence-electron chi connectivity index (χ1n) is 5.48. The van der Waals surface area contributed by atoms with Crippen molar-refractivity contribution in [2.45, 2.75) is 6.73 Å². The predicted octanol–water partition coefficient (Wildman–Crippen LogP) is 2.65. The van der Waals surface area contributed by atoms with Crippen LogP contribution in [0.2, 0.25) is 0 Å². The van der Waals surface area contributed by atoms with Gasteiger partial charge >= 0.3 is 0 Å². The average Bonchev–Trinajstić information content (AvgIpc) is 2.71. The number of nitrogens with zero attached hydrogens (tertiary/aromatic N) is 2. The van der Waals surface area contributed by atoms with Gasteiger partial charge in [-0.1, -0.05) is 18.2 Å². The third-order valence-corrected chi connectivity index (χ3v) is 3.11. The minimum Gasteiger partial charge on any atom is -0.376 e. The molecule has 1 heterocycles. The Bertz CT molecular complexity index is 761. The Labute approximate surface area is 102 Å². The van der Waals surface area contributed by atoms with E-state index in [1.807, 2.05) is 24.3 Å². The maximum Gasteiger partial charge on any atom is 0.270 e. The molecule has 0 saturated carbocycles. The molecule has 0 atom stereocenters. The van der Waals surface area contributed by atoms with Crippen molar-refractivity contribution in [3.8, 4) is 0 Å². The lowest BCUT2D eigenvalue weighted by Crippen LogP contribution is -1.95. The van der Waals surface area contributed by atoms with Crippen molar-refractivity contribution < 1.29 is 10.0 Å². The van der Waals surface area contributed by atoms with Gasteiger partial charge in [0.05, 0.1) is 16.0 Å². The second-order valence-corrected chi connectivity index (χ2v) is 4.05. The molecule has 5 nitrogen and oxygen atoms in total. The van der Waals surface area contributed by atoms with Crippen molar-refractivity contribution in [1.82, 2.24) is 4.57 Å². The van der Waals surface area contributed by atoms with E-state index in [0.717, 1.165) is 21.8 Å². The summed E-state index contributed by atoms with van der Waals surface area (Å²) in [5, 5.41) is 21.9. The van der Waals surface area contributed by atoms with Crippen molar-refractivity contribution in [2.24, 2.45) is 0 Å². The van der Waals surface area contributed by atoms with Crippen molar-refractivity contribution in [2.75, 3.05) is 0 Å². The number of aromatic nitrogens is 1. The van der Waals surface area contributed by atoms with E-state index in [4.69, 9.17) is 0 Å². The van der Waals surface area contributed by atoms with Gasteiger partial charge in [0, 0.05) is 22.9 Å². The number of aliphatic hydroxyl groups excluding tert-OH is 1. The quantitative estimate of drug-likeness (QED) is 0.554. The summed E-state index contributed by atoms with van der Waals surface area (Å²) in [5.41, 5.74) is 1.73. The number of hydrogen-bond acceptors (Lipinski definition) is 3. The number of rotatable bonds is 2. The average molecular weight is 242 g/mol. The van der Waals surface area contributed by atoms with Gasteiger partial charge in [-0.25, -0.2) is 0 Å². The van der Waals surface area contributed by atoms with E-state index in [1.54, 1.807) is 16.7 Å². The molecule has 1 N–H and O–H groups in total. The number of para-hydroxylation sites is 1. The van der Waals surface area contributed by atoms with Crippen LogP contribution in [0.5, 0.6) is 0 Å². The first kappa shape index (κ1) is 10.7. The normalized spacial score (nSPS) is 11.2. The highest BCUT2D eigenvalue weighted by atomic mass is 16.6. The molecule has 0 radical (unpaired) electrons. The standard InChI is InChI=1S/C13H10N2O3/c16-8-14-12-4-2-1-3-10(12)11-7-9(15(17)18)5-6-13(11)14/h1-7,16H,8H2. The van der Waals surface area contributed by atoms with Gasteiger partial charge in [-0.3, -0.25) is 10.1 Å². The molecule has 18 heavy (non-hydrogen) atoms. The molecule has 0 spiro atoms. The van der Waals surface area contributed by atoms with Gasteiger partial charge in [-0.15, -0.1) is 0 Å². The first-order valence-corrected chi connectivity index (χ1v) is 5.48. The molecule has 0 aliphatic carbocycles. The summed E-state index contributed by atoms with van der Waals surface area (Å²) in [6.07, 6.45) is 0. The molecule has 90 valence electrons. The number of aliphatic hydroxyl groups is 1. The molecular formula is C13H10N2O3. The molecule has 2 aromatic carbocycles. The van der Waals surface area contributed by atoms with Crippen LogP contribution in [0.3, 0.4) is 0 Å². The van der Waals surface area contributed by atoms with E-state index in [-0.39, 0.29) is 12.4 Å². The lowest BCUT2D eigenvalue weighted by molar-refractivity contribution is -0.384. The van der Waals surface area contributed by atoms with Gasteiger partial charge < -0.3 is 9.67 Å². The zero-order valence-corrected chi connectivity index (χ0v) is 9.41. The van der Waals surface area contributed by atoms with Gasteiger partial charge in [0.2, 0.25) is 0 Å². The molecule has 1 aromatic heterocycles. The van der Waals surface area contributed by atoms with E-state index < -0.39 is 4.92 Å². The highest BCUT2D eigenvalue weighted by Crippen LogP contribution is 2.31. The van der Waals surface area contributed by atoms with E-state index >= 15 is 0 Å². The zero-order valence-electron chi connectivity index (χ0n) is 9.41. The Morgan fingerprint density at radius 3 is 2.56 bits per heavy atom. The fourth-order valence-electron chi connectivity index (χ4n) is 2.31. The van der Waals surface area contributed by atoms with Crippen molar-refractivity contribution in [1.29, 1.82) is 0 Å². The number of nitro benzene ring substituents is 1. The largest absolute Gasteiger partial charge is 0.376 e. The van der Waals surface area contributed by atoms with Gasteiger partial charge in [0.1, 0.15) is 6.73 Å². The second-order valence-electron chi connectivity index (χ2n) is 4.05.